The summed E-state index contributed by atoms with van der Waals surface area (Å²) >= 11 is 5.70. The number of rotatable bonds is 13. The molecule has 0 radical (unpaired) electrons. The maximum Gasteiger partial charge on any atom is 0.336 e. The zero-order valence-electron chi connectivity index (χ0n) is 33.1. The number of thiocarbonyl (C=S) groups is 1. The van der Waals surface area contributed by atoms with E-state index in [2.05, 4.69) is 37.4 Å². The maximum absolute atomic E-state index is 13.1. The molecule has 308 valence electrons. The predicted octanol–water partition coefficient (Wildman–Crippen LogP) is 6.98. The highest BCUT2D eigenvalue weighted by Crippen LogP contribution is 2.39. The van der Waals surface area contributed by atoms with E-state index >= 15 is 0 Å². The topological polar surface area (TPSA) is 199 Å². The van der Waals surface area contributed by atoms with E-state index in [1.807, 2.05) is 18.2 Å². The Morgan fingerprint density at radius 2 is 1.66 bits per heavy atom. The number of nitrogens with one attached hydrogen (secondary N) is 2. The third kappa shape index (κ3) is 8.01. The summed E-state index contributed by atoms with van der Waals surface area (Å²) in [5.41, 5.74) is 4.80. The summed E-state index contributed by atoms with van der Waals surface area (Å²) in [4.78, 5) is 48.6. The van der Waals surface area contributed by atoms with Gasteiger partial charge >= 0.3 is 12.0 Å². The highest BCUT2D eigenvalue weighted by Gasteiger charge is 2.25. The van der Waals surface area contributed by atoms with Crippen LogP contribution in [0.15, 0.2) is 108 Å². The molecule has 1 aliphatic rings. The number of carbonyl (C=O) groups is 3. The average molecular weight is 845 g/mol. The highest BCUT2D eigenvalue weighted by atomic mass is 32.1. The van der Waals surface area contributed by atoms with Crippen LogP contribution < -0.4 is 25.8 Å². The van der Waals surface area contributed by atoms with Crippen molar-refractivity contribution in [3.05, 3.63) is 142 Å². The van der Waals surface area contributed by atoms with E-state index in [9.17, 15) is 24.6 Å². The normalized spacial score (nSPS) is 11.9. The van der Waals surface area contributed by atoms with Gasteiger partial charge in [-0.2, -0.15) is 14.6 Å². The van der Waals surface area contributed by atoms with Gasteiger partial charge in [-0.25, -0.2) is 14.6 Å². The summed E-state index contributed by atoms with van der Waals surface area (Å²) in [6.07, 6.45) is 5.26. The van der Waals surface area contributed by atoms with Gasteiger partial charge in [0.05, 0.1) is 17.2 Å². The number of nitrogens with zero attached hydrogens (tertiary/aromatic N) is 6. The van der Waals surface area contributed by atoms with E-state index < -0.39 is 12.0 Å². The number of anilines is 2. The Morgan fingerprint density at radius 3 is 2.45 bits per heavy atom. The number of ether oxygens (including phenoxy) is 1. The van der Waals surface area contributed by atoms with Crippen LogP contribution in [0.25, 0.3) is 40.4 Å². The fraction of sp³-hybridized carbons (Fsp3) is 0.130. The summed E-state index contributed by atoms with van der Waals surface area (Å²) in [6.45, 7) is 3.99. The SMILES string of the molecule is C=c1ccc2c(c1)Oc1cc(O)ccc1C=2c1ccc(CC(=S)CCCC(=O)Cc2ccc(NC(=O)Nc3nc4nn(C)cc4c4nc(-c5ccco5)nn34)cc2)cc1C(=O)O. The number of benzene rings is 4. The minimum atomic E-state index is -1.09. The van der Waals surface area contributed by atoms with Crippen LogP contribution in [0.4, 0.5) is 16.4 Å². The number of amides is 2. The number of hydrogen-bond acceptors (Lipinski definition) is 11. The molecule has 0 atom stereocenters. The molecule has 4 aromatic carbocycles. The summed E-state index contributed by atoms with van der Waals surface area (Å²) < 4.78 is 14.6. The van der Waals surface area contributed by atoms with Crippen molar-refractivity contribution >= 4 is 75.3 Å². The monoisotopic (exact) mass is 844 g/mol. The first-order valence-electron chi connectivity index (χ1n) is 19.5. The minimum absolute atomic E-state index is 0.0267. The first-order chi connectivity index (χ1) is 29.9. The number of hydrogen-bond donors (Lipinski definition) is 4. The number of aromatic nitrogens is 6. The van der Waals surface area contributed by atoms with Crippen LogP contribution in [0.2, 0.25) is 0 Å². The lowest BCUT2D eigenvalue weighted by atomic mass is 9.88. The highest BCUT2D eigenvalue weighted by molar-refractivity contribution is 7.80. The number of Topliss-reactive ketones (excluding diaryl/α,β-unsaturated/α-hetero) is 1. The molecule has 62 heavy (non-hydrogen) atoms. The van der Waals surface area contributed by atoms with Crippen molar-refractivity contribution in [1.82, 2.24) is 29.4 Å². The summed E-state index contributed by atoms with van der Waals surface area (Å²) in [7, 11) is 1.76. The van der Waals surface area contributed by atoms with Crippen LogP contribution in [0.5, 0.6) is 17.2 Å². The van der Waals surface area contributed by atoms with Gasteiger partial charge in [-0.15, -0.1) is 5.10 Å². The molecule has 8 aromatic rings. The molecule has 9 rings (SSSR count). The fourth-order valence-electron chi connectivity index (χ4n) is 7.48. The van der Waals surface area contributed by atoms with Crippen molar-refractivity contribution in [2.75, 3.05) is 10.6 Å². The van der Waals surface area contributed by atoms with E-state index in [0.29, 0.717) is 97.9 Å². The third-order valence-corrected chi connectivity index (χ3v) is 10.7. The molecule has 1 aliphatic heterocycles. The molecule has 0 saturated carbocycles. The van der Waals surface area contributed by atoms with Crippen LogP contribution in [0.3, 0.4) is 0 Å². The van der Waals surface area contributed by atoms with E-state index in [-0.39, 0.29) is 29.5 Å². The Morgan fingerprint density at radius 1 is 0.855 bits per heavy atom. The van der Waals surface area contributed by atoms with Gasteiger partial charge in [0, 0.05) is 60.6 Å². The number of furan rings is 1. The van der Waals surface area contributed by atoms with Crippen molar-refractivity contribution in [2.24, 2.45) is 7.05 Å². The molecular formula is C46H36N8O7S. The Kier molecular flexibility index (Phi) is 10.3. The van der Waals surface area contributed by atoms with Gasteiger partial charge in [0.2, 0.25) is 11.8 Å². The predicted molar refractivity (Wildman–Crippen MR) is 235 cm³/mol. The van der Waals surface area contributed by atoms with Crippen LogP contribution in [0, 0.1) is 0 Å². The van der Waals surface area contributed by atoms with E-state index in [1.165, 1.54) is 16.8 Å². The van der Waals surface area contributed by atoms with Crippen LogP contribution >= 0.6 is 12.2 Å². The van der Waals surface area contributed by atoms with E-state index in [4.69, 9.17) is 21.4 Å². The number of carbonyl (C=O) groups excluding carboxylic acids is 2. The molecule has 0 fully saturated rings. The molecule has 0 spiro atoms. The molecule has 4 aromatic heterocycles. The Hall–Kier alpha value is -7.98. The molecule has 2 amide bonds. The summed E-state index contributed by atoms with van der Waals surface area (Å²) in [5, 5.41) is 37.0. The second-order valence-electron chi connectivity index (χ2n) is 14.9. The molecule has 15 nitrogen and oxygen atoms in total. The second kappa shape index (κ2) is 16.2. The van der Waals surface area contributed by atoms with Crippen LogP contribution in [-0.4, -0.2) is 62.2 Å². The van der Waals surface area contributed by atoms with Gasteiger partial charge in [0.25, 0.3) is 0 Å². The van der Waals surface area contributed by atoms with Gasteiger partial charge in [0.1, 0.15) is 23.0 Å². The van der Waals surface area contributed by atoms with E-state index in [1.54, 1.807) is 84.7 Å². The van der Waals surface area contributed by atoms with Gasteiger partial charge in [-0.1, -0.05) is 55.2 Å². The number of phenolic OH excluding ortho intramolecular Hbond substituents is 1. The van der Waals surface area contributed by atoms with Gasteiger partial charge in [0.15, 0.2) is 17.1 Å². The van der Waals surface area contributed by atoms with Crippen molar-refractivity contribution in [2.45, 2.75) is 32.1 Å². The standard InChI is InChI=1S/C46H36N8O7S/c1-25-8-15-33-38(19-25)61-39-23-30(56)14-17-34(39)40(33)32-16-11-27(22-35(32)44(57)58)21-31(62)6-3-5-29(55)20-26-9-12-28(13-10-26)47-46(59)50-45-49-41-36(24-53(2)51-41)43-48-42(52-54(43)45)37-7-4-18-60-37/h4,7-19,22-24,56H,1,3,5-6,20-21H2,2H3,(H,57,58)(H2,47,49,50,51,59). The van der Waals surface area contributed by atoms with Gasteiger partial charge in [-0.3, -0.25) is 14.8 Å². The molecule has 4 N–H and O–H groups in total. The van der Waals surface area contributed by atoms with Crippen molar-refractivity contribution in [3.63, 3.8) is 0 Å². The lowest BCUT2D eigenvalue weighted by Gasteiger charge is -2.22. The maximum atomic E-state index is 13.1. The first-order valence-corrected chi connectivity index (χ1v) is 19.9. The first kappa shape index (κ1) is 39.5. The number of carboxylic acids is 1. The molecule has 5 heterocycles. The quantitative estimate of drug-likeness (QED) is 0.0871. The molecule has 0 aliphatic carbocycles. The number of aromatic carboxylic acids is 1. The average Bonchev–Trinajstić information content (AvgIpc) is 4.01. The summed E-state index contributed by atoms with van der Waals surface area (Å²) in [6, 6.07) is 25.4. The van der Waals surface area contributed by atoms with Crippen LogP contribution in [-0.2, 0) is 24.7 Å². The third-order valence-electron chi connectivity index (χ3n) is 10.3. The number of fused-ring (bicyclic) bond motifs is 5. The Balaban J connectivity index is 0.800. The largest absolute Gasteiger partial charge is 0.508 e. The number of ketones is 1. The van der Waals surface area contributed by atoms with Crippen molar-refractivity contribution < 1.29 is 33.8 Å². The van der Waals surface area contributed by atoms with Crippen molar-refractivity contribution in [3.8, 4) is 28.8 Å². The number of aryl methyl sites for hydroxylation is 1. The molecule has 0 saturated heterocycles. The fourth-order valence-corrected chi connectivity index (χ4v) is 7.80. The Labute approximate surface area is 357 Å². The Bertz CT molecular complexity index is 3230. The number of urea groups is 1. The van der Waals surface area contributed by atoms with E-state index in [0.717, 1.165) is 16.3 Å². The van der Waals surface area contributed by atoms with Gasteiger partial charge < -0.3 is 24.7 Å². The number of carboxylic acid groups (broad SMARTS) is 1. The lowest BCUT2D eigenvalue weighted by molar-refractivity contribution is -0.118. The molecule has 0 unspecified atom stereocenters. The number of phenols is 1. The second-order valence-corrected chi connectivity index (χ2v) is 15.4. The van der Waals surface area contributed by atoms with Crippen LogP contribution in [0.1, 0.15) is 51.9 Å². The lowest BCUT2D eigenvalue weighted by Crippen LogP contribution is -2.22. The molecular weight excluding hydrogens is 809 g/mol. The zero-order valence-corrected chi connectivity index (χ0v) is 33.9. The van der Waals surface area contributed by atoms with Crippen molar-refractivity contribution in [1.29, 1.82) is 0 Å². The summed E-state index contributed by atoms with van der Waals surface area (Å²) in [5.74, 6) is 0.794. The van der Waals surface area contributed by atoms with Gasteiger partial charge in [-0.05, 0) is 88.1 Å². The smallest absolute Gasteiger partial charge is 0.336 e. The molecule has 16 heteroatoms. The number of aromatic hydroxyl groups is 1. The minimum Gasteiger partial charge on any atom is -0.508 e. The zero-order chi connectivity index (χ0) is 43.1. The molecule has 0 bridgehead atoms.